The molecule has 0 spiro atoms. The van der Waals surface area contributed by atoms with E-state index in [9.17, 15) is 0 Å². The highest BCUT2D eigenvalue weighted by Gasteiger charge is 2.24. The fourth-order valence-electron chi connectivity index (χ4n) is 2.16. The molecule has 0 radical (unpaired) electrons. The van der Waals surface area contributed by atoms with Crippen LogP contribution in [0.2, 0.25) is 0 Å². The molecule has 0 aromatic carbocycles. The Morgan fingerprint density at radius 2 is 2.14 bits per heavy atom. The Morgan fingerprint density at radius 1 is 1.33 bits per heavy atom. The van der Waals surface area contributed by atoms with E-state index >= 15 is 0 Å². The maximum atomic E-state index is 6.05. The van der Waals surface area contributed by atoms with E-state index in [4.69, 9.17) is 11.5 Å². The van der Waals surface area contributed by atoms with Crippen molar-refractivity contribution in [2.75, 3.05) is 12.3 Å². The quantitative estimate of drug-likeness (QED) is 0.571. The largest absolute Gasteiger partial charge is 0.383 e. The summed E-state index contributed by atoms with van der Waals surface area (Å²) in [5.74, 6) is 1.16. The molecule has 0 fully saturated rings. The van der Waals surface area contributed by atoms with Crippen LogP contribution in [0.4, 0.5) is 5.82 Å². The number of nitrogen functional groups attached to an aromatic ring is 1. The number of nitrogens with one attached hydrogen (secondary N) is 2. The Kier molecular flexibility index (Phi) is 3.50. The standard InChI is InChI=1S/C12H17N9/c1-7-9(16-4-3-15-7)12-18-11(19-20-12)8-6-17-21(5-2-13)10(8)14/h3-4,6,12,20H,2,5,13-14H2,1H3,(H,18,19). The molecule has 9 nitrogen and oxygen atoms in total. The van der Waals surface area contributed by atoms with Crippen LogP contribution in [-0.4, -0.2) is 32.1 Å². The van der Waals surface area contributed by atoms with Crippen molar-refractivity contribution in [1.82, 2.24) is 30.6 Å². The van der Waals surface area contributed by atoms with Crippen LogP contribution in [-0.2, 0) is 6.54 Å². The molecule has 21 heavy (non-hydrogen) atoms. The molecule has 2 aromatic heterocycles. The van der Waals surface area contributed by atoms with Crippen molar-refractivity contribution < 1.29 is 0 Å². The van der Waals surface area contributed by atoms with E-state index in [0.29, 0.717) is 24.7 Å². The van der Waals surface area contributed by atoms with Gasteiger partial charge in [0.25, 0.3) is 0 Å². The van der Waals surface area contributed by atoms with Gasteiger partial charge in [-0.15, -0.1) is 0 Å². The van der Waals surface area contributed by atoms with Gasteiger partial charge in [-0.05, 0) is 6.92 Å². The number of hydrazine groups is 1. The molecule has 6 N–H and O–H groups in total. The number of aliphatic imine (C=N–C) groups is 1. The van der Waals surface area contributed by atoms with Crippen LogP contribution in [0.1, 0.15) is 23.1 Å². The SMILES string of the molecule is Cc1nccnc1C1N=C(c2cnn(CCN)c2N)NN1. The van der Waals surface area contributed by atoms with Crippen LogP contribution in [0, 0.1) is 6.92 Å². The summed E-state index contributed by atoms with van der Waals surface area (Å²) in [4.78, 5) is 13.1. The second kappa shape index (κ2) is 5.46. The van der Waals surface area contributed by atoms with Crippen molar-refractivity contribution in [1.29, 1.82) is 0 Å². The Balaban J connectivity index is 1.88. The van der Waals surface area contributed by atoms with Crippen molar-refractivity contribution in [3.8, 4) is 0 Å². The number of nitrogens with two attached hydrogens (primary N) is 2. The summed E-state index contributed by atoms with van der Waals surface area (Å²) in [7, 11) is 0. The second-order valence-electron chi connectivity index (χ2n) is 4.63. The topological polar surface area (TPSA) is 132 Å². The van der Waals surface area contributed by atoms with Crippen molar-refractivity contribution in [3.63, 3.8) is 0 Å². The number of amidine groups is 1. The zero-order chi connectivity index (χ0) is 14.8. The van der Waals surface area contributed by atoms with Crippen LogP contribution < -0.4 is 22.3 Å². The van der Waals surface area contributed by atoms with Crippen LogP contribution in [0.5, 0.6) is 0 Å². The lowest BCUT2D eigenvalue weighted by atomic mass is 10.2. The Labute approximate surface area is 121 Å². The summed E-state index contributed by atoms with van der Waals surface area (Å²) in [6.45, 7) is 2.94. The van der Waals surface area contributed by atoms with Crippen LogP contribution in [0.15, 0.2) is 23.6 Å². The van der Waals surface area contributed by atoms with Crippen LogP contribution in [0.3, 0.4) is 0 Å². The van der Waals surface area contributed by atoms with Crippen molar-refractivity contribution in [2.24, 2.45) is 10.7 Å². The van der Waals surface area contributed by atoms with Gasteiger partial charge in [-0.3, -0.25) is 9.97 Å². The van der Waals surface area contributed by atoms with E-state index in [1.54, 1.807) is 23.3 Å². The lowest BCUT2D eigenvalue weighted by Crippen LogP contribution is -2.32. The number of hydrogen-bond acceptors (Lipinski definition) is 8. The molecule has 0 saturated heterocycles. The molecule has 1 aliphatic heterocycles. The van der Waals surface area contributed by atoms with Gasteiger partial charge in [0.05, 0.1) is 24.0 Å². The van der Waals surface area contributed by atoms with E-state index in [1.165, 1.54) is 0 Å². The summed E-state index contributed by atoms with van der Waals surface area (Å²) in [6.07, 6.45) is 4.67. The normalized spacial score (nSPS) is 17.6. The molecule has 2 aromatic rings. The molecule has 3 heterocycles. The number of anilines is 1. The first-order chi connectivity index (χ1) is 10.2. The highest BCUT2D eigenvalue weighted by molar-refractivity contribution is 6.03. The average Bonchev–Trinajstić information content (AvgIpc) is 3.08. The smallest absolute Gasteiger partial charge is 0.163 e. The Hall–Kier alpha value is -2.52. The Morgan fingerprint density at radius 3 is 2.90 bits per heavy atom. The lowest BCUT2D eigenvalue weighted by Gasteiger charge is -2.07. The zero-order valence-electron chi connectivity index (χ0n) is 11.6. The van der Waals surface area contributed by atoms with E-state index in [1.807, 2.05) is 6.92 Å². The van der Waals surface area contributed by atoms with Gasteiger partial charge >= 0.3 is 0 Å². The number of aryl methyl sites for hydroxylation is 1. The van der Waals surface area contributed by atoms with Crippen molar-refractivity contribution in [3.05, 3.63) is 35.5 Å². The monoisotopic (exact) mass is 287 g/mol. The molecule has 0 saturated carbocycles. The van der Waals surface area contributed by atoms with E-state index in [2.05, 4.69) is 30.9 Å². The Bertz CT molecular complexity index is 675. The molecule has 1 aliphatic rings. The van der Waals surface area contributed by atoms with Gasteiger partial charge in [-0.1, -0.05) is 0 Å². The van der Waals surface area contributed by atoms with Crippen molar-refractivity contribution in [2.45, 2.75) is 19.6 Å². The first kappa shape index (κ1) is 13.5. The fourth-order valence-corrected chi connectivity index (χ4v) is 2.16. The maximum Gasteiger partial charge on any atom is 0.163 e. The van der Waals surface area contributed by atoms with E-state index < -0.39 is 0 Å². The first-order valence-corrected chi connectivity index (χ1v) is 6.59. The third kappa shape index (κ3) is 2.43. The molecule has 1 atom stereocenters. The molecule has 9 heteroatoms. The van der Waals surface area contributed by atoms with Gasteiger partial charge in [0.2, 0.25) is 0 Å². The van der Waals surface area contributed by atoms with Gasteiger partial charge in [0.1, 0.15) is 17.3 Å². The molecule has 0 bridgehead atoms. The number of nitrogens with zero attached hydrogens (tertiary/aromatic N) is 5. The van der Waals surface area contributed by atoms with Gasteiger partial charge in [-0.2, -0.15) is 5.10 Å². The molecular weight excluding hydrogens is 270 g/mol. The van der Waals surface area contributed by atoms with Crippen LogP contribution >= 0.6 is 0 Å². The minimum absolute atomic E-state index is 0.300. The van der Waals surface area contributed by atoms with Gasteiger partial charge in [0.15, 0.2) is 6.17 Å². The van der Waals surface area contributed by atoms with Gasteiger partial charge < -0.3 is 16.9 Å². The molecule has 110 valence electrons. The van der Waals surface area contributed by atoms with Gasteiger partial charge in [0, 0.05) is 18.9 Å². The third-order valence-electron chi connectivity index (χ3n) is 3.24. The number of hydrogen-bond donors (Lipinski definition) is 4. The molecule has 0 amide bonds. The third-order valence-corrected chi connectivity index (χ3v) is 3.24. The predicted molar refractivity (Wildman–Crippen MR) is 78.0 cm³/mol. The predicted octanol–water partition coefficient (Wildman–Crippen LogP) is -0.924. The maximum absolute atomic E-state index is 6.05. The molecule has 0 aliphatic carbocycles. The minimum Gasteiger partial charge on any atom is -0.383 e. The zero-order valence-corrected chi connectivity index (χ0v) is 11.6. The minimum atomic E-state index is -0.300. The van der Waals surface area contributed by atoms with E-state index in [0.717, 1.165) is 17.0 Å². The summed E-state index contributed by atoms with van der Waals surface area (Å²) in [6, 6.07) is 0. The summed E-state index contributed by atoms with van der Waals surface area (Å²) in [5, 5.41) is 4.20. The lowest BCUT2D eigenvalue weighted by molar-refractivity contribution is 0.555. The van der Waals surface area contributed by atoms with E-state index in [-0.39, 0.29) is 6.17 Å². The second-order valence-corrected chi connectivity index (χ2v) is 4.63. The summed E-state index contributed by atoms with van der Waals surface area (Å²) >= 11 is 0. The average molecular weight is 287 g/mol. The molecule has 3 rings (SSSR count). The first-order valence-electron chi connectivity index (χ1n) is 6.59. The summed E-state index contributed by atoms with van der Waals surface area (Å²) in [5.41, 5.74) is 20.0. The number of rotatable bonds is 4. The molecular formula is C12H17N9. The van der Waals surface area contributed by atoms with Crippen molar-refractivity contribution >= 4 is 11.7 Å². The highest BCUT2D eigenvalue weighted by Crippen LogP contribution is 2.20. The summed E-state index contributed by atoms with van der Waals surface area (Å²) < 4.78 is 1.65. The van der Waals surface area contributed by atoms with Crippen LogP contribution in [0.25, 0.3) is 0 Å². The fraction of sp³-hybridized carbons (Fsp3) is 0.333. The van der Waals surface area contributed by atoms with Gasteiger partial charge in [-0.25, -0.2) is 15.1 Å². The molecule has 1 unspecified atom stereocenters. The highest BCUT2D eigenvalue weighted by atomic mass is 15.5. The number of aromatic nitrogens is 4.